The fourth-order valence-electron chi connectivity index (χ4n) is 2.83. The van der Waals surface area contributed by atoms with Crippen molar-refractivity contribution < 1.29 is 14.8 Å². The number of para-hydroxylation sites is 2. The van der Waals surface area contributed by atoms with Crippen LogP contribution < -0.4 is 15.4 Å². The monoisotopic (exact) mass is 367 g/mol. The fraction of sp³-hybridized carbons (Fsp3) is 0.190. The lowest BCUT2D eigenvalue weighted by molar-refractivity contribution is -0.675. The topological polar surface area (TPSA) is 54.9 Å². The Morgan fingerprint density at radius 2 is 1.88 bits per heavy atom. The van der Waals surface area contributed by atoms with Crippen molar-refractivity contribution >= 4 is 22.9 Å². The minimum atomic E-state index is -0.0526. The lowest BCUT2D eigenvalue weighted by Gasteiger charge is -2.15. The third-order valence-electron chi connectivity index (χ3n) is 4.21. The molecule has 0 saturated carbocycles. The quantitative estimate of drug-likeness (QED) is 0.673. The van der Waals surface area contributed by atoms with Gasteiger partial charge in [-0.05, 0) is 30.5 Å². The summed E-state index contributed by atoms with van der Waals surface area (Å²) in [5.74, 6) is 0.609. The van der Waals surface area contributed by atoms with Crippen LogP contribution in [0.1, 0.15) is 22.0 Å². The van der Waals surface area contributed by atoms with Gasteiger partial charge in [0, 0.05) is 5.56 Å². The Balaban J connectivity index is 1.70. The number of hydrogen-bond acceptors (Lipinski definition) is 3. The molecule has 3 rings (SSSR count). The molecule has 26 heavy (non-hydrogen) atoms. The number of rotatable bonds is 7. The first kappa shape index (κ1) is 18.2. The molecule has 4 nitrogen and oxygen atoms in total. The van der Waals surface area contributed by atoms with Crippen LogP contribution in [0, 0.1) is 6.92 Å². The summed E-state index contributed by atoms with van der Waals surface area (Å²) < 4.78 is 5.29. The van der Waals surface area contributed by atoms with Gasteiger partial charge in [-0.15, -0.1) is 11.3 Å². The van der Waals surface area contributed by atoms with E-state index in [1.54, 1.807) is 18.4 Å². The van der Waals surface area contributed by atoms with Crippen molar-refractivity contribution in [3.63, 3.8) is 0 Å². The van der Waals surface area contributed by atoms with Crippen LogP contribution in [-0.4, -0.2) is 19.6 Å². The molecular formula is C21H23N2O2S+. The van der Waals surface area contributed by atoms with Gasteiger partial charge < -0.3 is 15.4 Å². The minimum absolute atomic E-state index is 0.0526. The van der Waals surface area contributed by atoms with E-state index in [-0.39, 0.29) is 11.9 Å². The second kappa shape index (κ2) is 8.65. The van der Waals surface area contributed by atoms with E-state index in [1.165, 1.54) is 16.0 Å². The first-order chi connectivity index (χ1) is 12.7. The zero-order valence-corrected chi connectivity index (χ0v) is 15.8. The number of carbonyl (C=O) groups is 1. The van der Waals surface area contributed by atoms with Gasteiger partial charge in [0.15, 0.2) is 6.54 Å². The van der Waals surface area contributed by atoms with Crippen molar-refractivity contribution in [2.24, 2.45) is 0 Å². The van der Waals surface area contributed by atoms with Crippen LogP contribution in [0.15, 0.2) is 66.0 Å². The molecule has 5 heteroatoms. The van der Waals surface area contributed by atoms with Crippen LogP contribution in [-0.2, 0) is 4.79 Å². The molecule has 0 fully saturated rings. The highest BCUT2D eigenvalue weighted by Gasteiger charge is 2.20. The molecule has 1 heterocycles. The molecule has 0 saturated heterocycles. The fourth-order valence-corrected chi connectivity index (χ4v) is 3.68. The molecule has 0 aliphatic rings. The number of nitrogens with one attached hydrogen (secondary N) is 1. The Morgan fingerprint density at radius 1 is 1.12 bits per heavy atom. The third kappa shape index (κ3) is 4.50. The van der Waals surface area contributed by atoms with Crippen molar-refractivity contribution in [2.45, 2.75) is 13.0 Å². The molecule has 0 bridgehead atoms. The molecule has 1 aromatic heterocycles. The van der Waals surface area contributed by atoms with Crippen molar-refractivity contribution in [1.29, 1.82) is 0 Å². The van der Waals surface area contributed by atoms with Gasteiger partial charge in [-0.1, -0.05) is 48.0 Å². The summed E-state index contributed by atoms with van der Waals surface area (Å²) in [4.78, 5) is 13.7. The summed E-state index contributed by atoms with van der Waals surface area (Å²) in [6.45, 7) is 2.41. The molecule has 3 N–H and O–H groups in total. The zero-order chi connectivity index (χ0) is 18.4. The molecule has 0 aliphatic carbocycles. The molecular weight excluding hydrogens is 344 g/mol. The van der Waals surface area contributed by atoms with Crippen LogP contribution >= 0.6 is 11.3 Å². The third-order valence-corrected chi connectivity index (χ3v) is 5.16. The molecule has 2 aromatic carbocycles. The van der Waals surface area contributed by atoms with Gasteiger partial charge in [0.25, 0.3) is 5.91 Å². The number of quaternary nitrogens is 1. The summed E-state index contributed by atoms with van der Waals surface area (Å²) >= 11 is 1.71. The number of anilines is 1. The average molecular weight is 367 g/mol. The maximum atomic E-state index is 12.4. The second-order valence-electron chi connectivity index (χ2n) is 6.09. The molecule has 0 unspecified atom stereocenters. The van der Waals surface area contributed by atoms with Crippen LogP contribution in [0.5, 0.6) is 5.75 Å². The summed E-state index contributed by atoms with van der Waals surface area (Å²) in [5.41, 5.74) is 3.12. The van der Waals surface area contributed by atoms with Gasteiger partial charge in [0.1, 0.15) is 11.8 Å². The highest BCUT2D eigenvalue weighted by Crippen LogP contribution is 2.24. The van der Waals surface area contributed by atoms with E-state index in [9.17, 15) is 4.79 Å². The number of methoxy groups -OCH3 is 1. The van der Waals surface area contributed by atoms with Crippen molar-refractivity contribution in [3.05, 3.63) is 82.0 Å². The summed E-state index contributed by atoms with van der Waals surface area (Å²) in [5, 5.41) is 7.07. The maximum absolute atomic E-state index is 12.4. The molecule has 0 radical (unpaired) electrons. The molecule has 0 spiro atoms. The van der Waals surface area contributed by atoms with E-state index in [4.69, 9.17) is 4.74 Å². The van der Waals surface area contributed by atoms with Crippen LogP contribution in [0.2, 0.25) is 0 Å². The molecule has 1 atom stereocenters. The Hall–Kier alpha value is -2.63. The number of benzene rings is 2. The first-order valence-electron chi connectivity index (χ1n) is 8.53. The number of aryl methyl sites for hydroxylation is 1. The predicted octanol–water partition coefficient (Wildman–Crippen LogP) is 3.36. The lowest BCUT2D eigenvalue weighted by atomic mass is 10.0. The largest absolute Gasteiger partial charge is 0.495 e. The molecule has 134 valence electrons. The second-order valence-corrected chi connectivity index (χ2v) is 7.07. The average Bonchev–Trinajstić information content (AvgIpc) is 3.18. The standard InChI is InChI=1S/C21H22N2O2S/c1-15-9-11-16(12-10-15)21(19-8-5-13-26-19)22-14-20(24)23-17-6-3-4-7-18(17)25-2/h3-13,21-22H,14H2,1-2H3,(H,23,24)/p+1/t21-/m1/s1. The van der Waals surface area contributed by atoms with Gasteiger partial charge in [0.05, 0.1) is 17.7 Å². The van der Waals surface area contributed by atoms with Crippen LogP contribution in [0.25, 0.3) is 0 Å². The lowest BCUT2D eigenvalue weighted by Crippen LogP contribution is -2.87. The highest BCUT2D eigenvalue weighted by molar-refractivity contribution is 7.10. The van der Waals surface area contributed by atoms with Crippen molar-refractivity contribution in [2.75, 3.05) is 19.0 Å². The molecule has 1 amide bonds. The number of thiophene rings is 1. The predicted molar refractivity (Wildman–Crippen MR) is 106 cm³/mol. The Morgan fingerprint density at radius 3 is 2.58 bits per heavy atom. The minimum Gasteiger partial charge on any atom is -0.495 e. The number of carbonyl (C=O) groups excluding carboxylic acids is 1. The Kier molecular flexibility index (Phi) is 6.04. The van der Waals surface area contributed by atoms with Crippen molar-refractivity contribution in [3.8, 4) is 5.75 Å². The number of ether oxygens (including phenoxy) is 1. The zero-order valence-electron chi connectivity index (χ0n) is 14.9. The van der Waals surface area contributed by atoms with E-state index in [1.807, 2.05) is 30.3 Å². The Bertz CT molecular complexity index is 845. The first-order valence-corrected chi connectivity index (χ1v) is 9.41. The Labute approximate surface area is 157 Å². The van der Waals surface area contributed by atoms with Crippen LogP contribution in [0.4, 0.5) is 5.69 Å². The van der Waals surface area contributed by atoms with Gasteiger partial charge >= 0.3 is 0 Å². The van der Waals surface area contributed by atoms with E-state index in [0.29, 0.717) is 18.0 Å². The van der Waals surface area contributed by atoms with Crippen LogP contribution in [0.3, 0.4) is 0 Å². The van der Waals surface area contributed by atoms with E-state index in [0.717, 1.165) is 0 Å². The van der Waals surface area contributed by atoms with E-state index in [2.05, 4.69) is 53.3 Å². The smallest absolute Gasteiger partial charge is 0.279 e. The van der Waals surface area contributed by atoms with Gasteiger partial charge in [-0.3, -0.25) is 4.79 Å². The maximum Gasteiger partial charge on any atom is 0.279 e. The van der Waals surface area contributed by atoms with E-state index >= 15 is 0 Å². The van der Waals surface area contributed by atoms with Crippen molar-refractivity contribution in [1.82, 2.24) is 0 Å². The van der Waals surface area contributed by atoms with Gasteiger partial charge in [-0.2, -0.15) is 0 Å². The summed E-state index contributed by atoms with van der Waals surface area (Å²) in [7, 11) is 1.60. The SMILES string of the molecule is COc1ccccc1NC(=O)C[NH2+][C@H](c1ccc(C)cc1)c1cccs1. The van der Waals surface area contributed by atoms with Gasteiger partial charge in [0.2, 0.25) is 0 Å². The van der Waals surface area contributed by atoms with E-state index < -0.39 is 0 Å². The summed E-state index contributed by atoms with van der Waals surface area (Å²) in [6, 6.07) is 20.2. The van der Waals surface area contributed by atoms with Gasteiger partial charge in [-0.25, -0.2) is 0 Å². The summed E-state index contributed by atoms with van der Waals surface area (Å²) in [6.07, 6.45) is 0. The normalized spacial score (nSPS) is 11.8. The number of amides is 1. The number of hydrogen-bond donors (Lipinski definition) is 2. The number of nitrogens with two attached hydrogens (primary N) is 1. The molecule has 3 aromatic rings. The highest BCUT2D eigenvalue weighted by atomic mass is 32.1. The molecule has 0 aliphatic heterocycles.